The summed E-state index contributed by atoms with van der Waals surface area (Å²) in [4.78, 5) is 8.19. The maximum absolute atomic E-state index is 4.16. The van der Waals surface area contributed by atoms with E-state index in [0.29, 0.717) is 0 Å². The van der Waals surface area contributed by atoms with Crippen molar-refractivity contribution in [2.75, 3.05) is 0 Å². The highest BCUT2D eigenvalue weighted by Crippen LogP contribution is 1.99. The third-order valence-electron chi connectivity index (χ3n) is 1.35. The van der Waals surface area contributed by atoms with E-state index >= 15 is 0 Å². The van der Waals surface area contributed by atoms with Gasteiger partial charge in [0.25, 0.3) is 0 Å². The summed E-state index contributed by atoms with van der Waals surface area (Å²) in [6.07, 6.45) is 1.84. The van der Waals surface area contributed by atoms with Gasteiger partial charge in [-0.05, 0) is 26.3 Å². The molecular weight excluding hydrogens is 124 g/mol. The zero-order valence-electron chi connectivity index (χ0n) is 5.97. The van der Waals surface area contributed by atoms with E-state index in [4.69, 9.17) is 0 Å². The third-order valence-corrected chi connectivity index (χ3v) is 1.35. The van der Waals surface area contributed by atoms with Crippen LogP contribution in [-0.2, 0) is 0 Å². The van der Waals surface area contributed by atoms with E-state index in [9.17, 15) is 0 Å². The molecule has 1 aromatic heterocycles. The Morgan fingerprint density at radius 2 is 1.80 bits per heavy atom. The van der Waals surface area contributed by atoms with Crippen LogP contribution in [0.25, 0.3) is 0 Å². The fourth-order valence-electron chi connectivity index (χ4n) is 0.643. The second-order valence-corrected chi connectivity index (χ2v) is 2.19. The minimum atomic E-state index is 0. The molecule has 1 heterocycles. The van der Waals surface area contributed by atoms with Crippen molar-refractivity contribution in [1.29, 1.82) is 0 Å². The first-order valence-corrected chi connectivity index (χ1v) is 2.97. The van der Waals surface area contributed by atoms with Gasteiger partial charge in [0.2, 0.25) is 0 Å². The van der Waals surface area contributed by atoms with Gasteiger partial charge in [0, 0.05) is 11.9 Å². The van der Waals surface area contributed by atoms with Crippen LogP contribution in [0.1, 0.15) is 24.5 Å². The van der Waals surface area contributed by atoms with Crippen LogP contribution in [0.2, 0.25) is 0 Å². The van der Waals surface area contributed by atoms with Gasteiger partial charge in [-0.1, -0.05) is 7.43 Å². The van der Waals surface area contributed by atoms with Gasteiger partial charge in [0.05, 0.1) is 0 Å². The lowest BCUT2D eigenvalue weighted by Crippen LogP contribution is -1.92. The first-order valence-electron chi connectivity index (χ1n) is 2.97. The van der Waals surface area contributed by atoms with Crippen LogP contribution in [0.3, 0.4) is 0 Å². The molecule has 0 unspecified atom stereocenters. The zero-order chi connectivity index (χ0) is 6.85. The van der Waals surface area contributed by atoms with Gasteiger partial charge in [-0.3, -0.25) is 0 Å². The molecular formula is C8H14N2. The quantitative estimate of drug-likeness (QED) is 0.548. The Balaban J connectivity index is 0.000000810. The molecule has 0 aliphatic rings. The predicted octanol–water partition coefficient (Wildman–Crippen LogP) is 2.04. The second kappa shape index (κ2) is 3.30. The number of hydrogen-bond donors (Lipinski definition) is 0. The maximum Gasteiger partial charge on any atom is 0.125 e. The Bertz CT molecular complexity index is 218. The SMILES string of the molecule is C.Cc1ncc(C)c(C)n1. The van der Waals surface area contributed by atoms with Crippen molar-refractivity contribution in [3.05, 3.63) is 23.3 Å². The van der Waals surface area contributed by atoms with Gasteiger partial charge >= 0.3 is 0 Å². The van der Waals surface area contributed by atoms with E-state index in [0.717, 1.165) is 17.1 Å². The number of hydrogen-bond acceptors (Lipinski definition) is 2. The molecule has 0 aliphatic heterocycles. The third kappa shape index (κ3) is 1.79. The minimum Gasteiger partial charge on any atom is -0.241 e. The van der Waals surface area contributed by atoms with Crippen LogP contribution in [0.5, 0.6) is 0 Å². The summed E-state index contributed by atoms with van der Waals surface area (Å²) in [6.45, 7) is 5.89. The molecule has 0 atom stereocenters. The van der Waals surface area contributed by atoms with E-state index in [2.05, 4.69) is 9.97 Å². The number of aromatic nitrogens is 2. The van der Waals surface area contributed by atoms with Gasteiger partial charge in [-0.2, -0.15) is 0 Å². The van der Waals surface area contributed by atoms with Crippen molar-refractivity contribution in [1.82, 2.24) is 9.97 Å². The summed E-state index contributed by atoms with van der Waals surface area (Å²) in [5.74, 6) is 0.845. The molecule has 0 bridgehead atoms. The first-order chi connectivity index (χ1) is 4.20. The molecule has 2 nitrogen and oxygen atoms in total. The second-order valence-electron chi connectivity index (χ2n) is 2.19. The summed E-state index contributed by atoms with van der Waals surface area (Å²) in [6, 6.07) is 0. The summed E-state index contributed by atoms with van der Waals surface area (Å²) in [5, 5.41) is 0. The van der Waals surface area contributed by atoms with E-state index in [-0.39, 0.29) is 7.43 Å². The predicted molar refractivity (Wildman–Crippen MR) is 43.0 cm³/mol. The fourth-order valence-corrected chi connectivity index (χ4v) is 0.643. The normalized spacial score (nSPS) is 8.70. The van der Waals surface area contributed by atoms with Gasteiger partial charge in [-0.25, -0.2) is 9.97 Å². The van der Waals surface area contributed by atoms with Crippen molar-refractivity contribution in [2.24, 2.45) is 0 Å². The van der Waals surface area contributed by atoms with Crippen LogP contribution >= 0.6 is 0 Å². The Morgan fingerprint density at radius 3 is 2.20 bits per heavy atom. The molecule has 1 rings (SSSR count). The molecule has 0 aliphatic carbocycles. The standard InChI is InChI=1S/C7H10N2.CH4/c1-5-4-8-7(3)9-6(5)2;/h4H,1-3H3;1H4. The minimum absolute atomic E-state index is 0. The van der Waals surface area contributed by atoms with Gasteiger partial charge in [0.15, 0.2) is 0 Å². The molecule has 0 radical (unpaired) electrons. The van der Waals surface area contributed by atoms with Crippen LogP contribution in [0.15, 0.2) is 6.20 Å². The van der Waals surface area contributed by atoms with Crippen molar-refractivity contribution in [2.45, 2.75) is 28.2 Å². The topological polar surface area (TPSA) is 25.8 Å². The van der Waals surface area contributed by atoms with Gasteiger partial charge in [-0.15, -0.1) is 0 Å². The van der Waals surface area contributed by atoms with Crippen molar-refractivity contribution >= 4 is 0 Å². The lowest BCUT2D eigenvalue weighted by Gasteiger charge is -1.96. The molecule has 1 aromatic rings. The fraction of sp³-hybridized carbons (Fsp3) is 0.500. The highest BCUT2D eigenvalue weighted by Gasteiger charge is 1.91. The maximum atomic E-state index is 4.16. The highest BCUT2D eigenvalue weighted by atomic mass is 14.9. The van der Waals surface area contributed by atoms with Crippen LogP contribution in [-0.4, -0.2) is 9.97 Å². The lowest BCUT2D eigenvalue weighted by atomic mass is 10.3. The Morgan fingerprint density at radius 1 is 1.20 bits per heavy atom. The molecule has 0 aromatic carbocycles. The average Bonchev–Trinajstić information content (AvgIpc) is 1.80. The number of aryl methyl sites for hydroxylation is 3. The molecule has 0 amide bonds. The smallest absolute Gasteiger partial charge is 0.125 e. The van der Waals surface area contributed by atoms with E-state index in [1.54, 1.807) is 0 Å². The van der Waals surface area contributed by atoms with E-state index in [1.165, 1.54) is 0 Å². The molecule has 0 fully saturated rings. The van der Waals surface area contributed by atoms with Crippen LogP contribution in [0, 0.1) is 20.8 Å². The van der Waals surface area contributed by atoms with Crippen molar-refractivity contribution in [3.8, 4) is 0 Å². The van der Waals surface area contributed by atoms with Crippen molar-refractivity contribution < 1.29 is 0 Å². The van der Waals surface area contributed by atoms with Crippen LogP contribution in [0.4, 0.5) is 0 Å². The average molecular weight is 138 g/mol. The van der Waals surface area contributed by atoms with Gasteiger partial charge in [0.1, 0.15) is 5.82 Å². The first kappa shape index (κ1) is 9.08. The number of rotatable bonds is 0. The van der Waals surface area contributed by atoms with Crippen molar-refractivity contribution in [3.63, 3.8) is 0 Å². The summed E-state index contributed by atoms with van der Waals surface area (Å²) in [5.41, 5.74) is 2.23. The Labute approximate surface area is 62.3 Å². The van der Waals surface area contributed by atoms with Crippen LogP contribution < -0.4 is 0 Å². The van der Waals surface area contributed by atoms with E-state index < -0.39 is 0 Å². The monoisotopic (exact) mass is 138 g/mol. The molecule has 0 saturated carbocycles. The largest absolute Gasteiger partial charge is 0.241 e. The van der Waals surface area contributed by atoms with Gasteiger partial charge < -0.3 is 0 Å². The summed E-state index contributed by atoms with van der Waals surface area (Å²) < 4.78 is 0. The highest BCUT2D eigenvalue weighted by molar-refractivity contribution is 5.12. The number of nitrogens with zero attached hydrogens (tertiary/aromatic N) is 2. The molecule has 0 N–H and O–H groups in total. The van der Waals surface area contributed by atoms with E-state index in [1.807, 2.05) is 27.0 Å². The Kier molecular flexibility index (Phi) is 3.00. The summed E-state index contributed by atoms with van der Waals surface area (Å²) >= 11 is 0. The molecule has 0 spiro atoms. The Hall–Kier alpha value is -0.920. The zero-order valence-corrected chi connectivity index (χ0v) is 5.97. The summed E-state index contributed by atoms with van der Waals surface area (Å²) in [7, 11) is 0. The lowest BCUT2D eigenvalue weighted by molar-refractivity contribution is 0.986. The molecule has 2 heteroatoms. The molecule has 0 saturated heterocycles. The molecule has 10 heavy (non-hydrogen) atoms. The molecule has 56 valence electrons.